The van der Waals surface area contributed by atoms with Gasteiger partial charge in [-0.2, -0.15) is 0 Å². The van der Waals surface area contributed by atoms with E-state index in [1.165, 1.54) is 11.1 Å². The molecular formula is C16H24N4O2. The van der Waals surface area contributed by atoms with Crippen LogP contribution in [0.4, 0.5) is 0 Å². The Balaban J connectivity index is 1.60. The second kappa shape index (κ2) is 8.51. The lowest BCUT2D eigenvalue weighted by molar-refractivity contribution is -0.125. The van der Waals surface area contributed by atoms with E-state index in [1.807, 2.05) is 0 Å². The summed E-state index contributed by atoms with van der Waals surface area (Å²) in [5.41, 5.74) is 8.00. The van der Waals surface area contributed by atoms with Crippen molar-refractivity contribution in [3.05, 3.63) is 35.4 Å². The highest BCUT2D eigenvalue weighted by Gasteiger charge is 2.14. The summed E-state index contributed by atoms with van der Waals surface area (Å²) in [4.78, 5) is 24.8. The number of amides is 2. The molecule has 0 aromatic heterocycles. The molecule has 22 heavy (non-hydrogen) atoms. The molecular weight excluding hydrogens is 280 g/mol. The van der Waals surface area contributed by atoms with Crippen molar-refractivity contribution in [3.63, 3.8) is 0 Å². The predicted octanol–water partition coefficient (Wildman–Crippen LogP) is -0.374. The normalized spacial score (nSPS) is 14.2. The maximum Gasteiger partial charge on any atom is 0.239 e. The molecule has 2 rings (SSSR count). The molecule has 1 aromatic carbocycles. The number of carbonyl (C=O) groups excluding carboxylic acids is 2. The van der Waals surface area contributed by atoms with Crippen LogP contribution in [0.25, 0.3) is 0 Å². The van der Waals surface area contributed by atoms with Crippen molar-refractivity contribution in [2.75, 3.05) is 32.7 Å². The standard InChI is InChI=1S/C16H24N4O2/c17-10-15(21)19-11-16(22)18-7-3-8-20-9-6-13-4-1-2-5-14(13)12-20/h1-2,4-5H,3,6-12,17H2,(H,18,22)(H,19,21). The first-order valence-corrected chi connectivity index (χ1v) is 7.71. The van der Waals surface area contributed by atoms with Crippen LogP contribution in [0.1, 0.15) is 17.5 Å². The highest BCUT2D eigenvalue weighted by Crippen LogP contribution is 2.18. The zero-order valence-corrected chi connectivity index (χ0v) is 12.8. The monoisotopic (exact) mass is 304 g/mol. The molecule has 0 fully saturated rings. The molecule has 0 radical (unpaired) electrons. The minimum Gasteiger partial charge on any atom is -0.355 e. The van der Waals surface area contributed by atoms with Gasteiger partial charge >= 0.3 is 0 Å². The van der Waals surface area contributed by atoms with Gasteiger partial charge in [0.15, 0.2) is 0 Å². The summed E-state index contributed by atoms with van der Waals surface area (Å²) < 4.78 is 0. The molecule has 0 aliphatic carbocycles. The number of fused-ring (bicyclic) bond motifs is 1. The second-order valence-corrected chi connectivity index (χ2v) is 5.48. The molecule has 120 valence electrons. The molecule has 2 amide bonds. The van der Waals surface area contributed by atoms with E-state index in [9.17, 15) is 9.59 Å². The van der Waals surface area contributed by atoms with Crippen molar-refractivity contribution >= 4 is 11.8 Å². The van der Waals surface area contributed by atoms with Crippen LogP contribution in [0.15, 0.2) is 24.3 Å². The Hall–Kier alpha value is -1.92. The number of nitrogens with two attached hydrogens (primary N) is 1. The Bertz CT molecular complexity index is 519. The quantitative estimate of drug-likeness (QED) is 0.600. The molecule has 6 nitrogen and oxygen atoms in total. The number of nitrogens with one attached hydrogen (secondary N) is 2. The first kappa shape index (κ1) is 16.5. The van der Waals surface area contributed by atoms with Gasteiger partial charge in [-0.05, 0) is 24.0 Å². The number of benzene rings is 1. The van der Waals surface area contributed by atoms with Crippen molar-refractivity contribution in [1.29, 1.82) is 0 Å². The van der Waals surface area contributed by atoms with E-state index in [0.29, 0.717) is 6.54 Å². The Morgan fingerprint density at radius 1 is 1.14 bits per heavy atom. The third-order valence-corrected chi connectivity index (χ3v) is 3.81. The number of carbonyl (C=O) groups is 2. The van der Waals surface area contributed by atoms with E-state index in [0.717, 1.165) is 32.5 Å². The summed E-state index contributed by atoms with van der Waals surface area (Å²) in [6, 6.07) is 8.55. The lowest BCUT2D eigenvalue weighted by Gasteiger charge is -2.28. The van der Waals surface area contributed by atoms with E-state index in [4.69, 9.17) is 5.73 Å². The molecule has 6 heteroatoms. The first-order chi connectivity index (χ1) is 10.7. The average Bonchev–Trinajstić information content (AvgIpc) is 2.56. The summed E-state index contributed by atoms with van der Waals surface area (Å²) in [5.74, 6) is -0.493. The zero-order chi connectivity index (χ0) is 15.8. The van der Waals surface area contributed by atoms with E-state index < -0.39 is 0 Å². The number of rotatable bonds is 7. The van der Waals surface area contributed by atoms with Gasteiger partial charge in [-0.25, -0.2) is 0 Å². The van der Waals surface area contributed by atoms with Gasteiger partial charge in [0.1, 0.15) is 0 Å². The maximum absolute atomic E-state index is 11.5. The van der Waals surface area contributed by atoms with Gasteiger partial charge < -0.3 is 16.4 Å². The van der Waals surface area contributed by atoms with Gasteiger partial charge in [-0.15, -0.1) is 0 Å². The minimum absolute atomic E-state index is 0.00682. The Kier molecular flexibility index (Phi) is 6.36. The molecule has 0 unspecified atom stereocenters. The van der Waals surface area contributed by atoms with Crippen LogP contribution in [0.3, 0.4) is 0 Å². The lowest BCUT2D eigenvalue weighted by Crippen LogP contribution is -2.40. The van der Waals surface area contributed by atoms with Gasteiger partial charge in [-0.3, -0.25) is 14.5 Å². The number of hydrogen-bond donors (Lipinski definition) is 3. The Morgan fingerprint density at radius 2 is 1.91 bits per heavy atom. The first-order valence-electron chi connectivity index (χ1n) is 7.71. The molecule has 1 aromatic rings. The molecule has 4 N–H and O–H groups in total. The van der Waals surface area contributed by atoms with Gasteiger partial charge in [0, 0.05) is 26.2 Å². The van der Waals surface area contributed by atoms with Crippen molar-refractivity contribution in [2.24, 2.45) is 5.73 Å². The minimum atomic E-state index is -0.317. The lowest BCUT2D eigenvalue weighted by atomic mass is 10.00. The van der Waals surface area contributed by atoms with E-state index in [1.54, 1.807) is 0 Å². The summed E-state index contributed by atoms with van der Waals surface area (Å²) in [7, 11) is 0. The van der Waals surface area contributed by atoms with Crippen LogP contribution in [-0.2, 0) is 22.6 Å². The third-order valence-electron chi connectivity index (χ3n) is 3.81. The van der Waals surface area contributed by atoms with Crippen molar-refractivity contribution in [2.45, 2.75) is 19.4 Å². The Labute approximate surface area is 131 Å². The van der Waals surface area contributed by atoms with Crippen LogP contribution >= 0.6 is 0 Å². The largest absolute Gasteiger partial charge is 0.355 e. The van der Waals surface area contributed by atoms with E-state index >= 15 is 0 Å². The van der Waals surface area contributed by atoms with Crippen LogP contribution in [0, 0.1) is 0 Å². The molecule has 0 saturated carbocycles. The summed E-state index contributed by atoms with van der Waals surface area (Å²) >= 11 is 0. The SMILES string of the molecule is NCC(=O)NCC(=O)NCCCN1CCc2ccccc2C1. The van der Waals surface area contributed by atoms with Gasteiger partial charge in [0.25, 0.3) is 0 Å². The maximum atomic E-state index is 11.5. The number of hydrogen-bond acceptors (Lipinski definition) is 4. The summed E-state index contributed by atoms with van der Waals surface area (Å²) in [6.45, 7) is 3.53. The van der Waals surface area contributed by atoms with E-state index in [-0.39, 0.29) is 24.9 Å². The van der Waals surface area contributed by atoms with Crippen LogP contribution < -0.4 is 16.4 Å². The fourth-order valence-electron chi connectivity index (χ4n) is 2.59. The van der Waals surface area contributed by atoms with Crippen molar-refractivity contribution in [1.82, 2.24) is 15.5 Å². The van der Waals surface area contributed by atoms with Gasteiger partial charge in [0.05, 0.1) is 13.1 Å². The summed E-state index contributed by atoms with van der Waals surface area (Å²) in [5, 5.41) is 5.25. The highest BCUT2D eigenvalue weighted by molar-refractivity contribution is 5.85. The van der Waals surface area contributed by atoms with Gasteiger partial charge in [-0.1, -0.05) is 24.3 Å². The van der Waals surface area contributed by atoms with Crippen LogP contribution in [0.2, 0.25) is 0 Å². The van der Waals surface area contributed by atoms with Crippen LogP contribution in [-0.4, -0.2) is 49.4 Å². The van der Waals surface area contributed by atoms with Gasteiger partial charge in [0.2, 0.25) is 11.8 Å². The molecule has 0 spiro atoms. The number of nitrogens with zero attached hydrogens (tertiary/aromatic N) is 1. The van der Waals surface area contributed by atoms with Crippen molar-refractivity contribution < 1.29 is 9.59 Å². The molecule has 1 aliphatic rings. The van der Waals surface area contributed by atoms with E-state index in [2.05, 4.69) is 39.8 Å². The third kappa shape index (κ3) is 5.13. The molecule has 0 atom stereocenters. The smallest absolute Gasteiger partial charge is 0.239 e. The molecule has 0 bridgehead atoms. The average molecular weight is 304 g/mol. The fraction of sp³-hybridized carbons (Fsp3) is 0.500. The molecule has 0 saturated heterocycles. The highest BCUT2D eigenvalue weighted by atomic mass is 16.2. The molecule has 1 aliphatic heterocycles. The van der Waals surface area contributed by atoms with Crippen molar-refractivity contribution in [3.8, 4) is 0 Å². The zero-order valence-electron chi connectivity index (χ0n) is 12.8. The second-order valence-electron chi connectivity index (χ2n) is 5.48. The fourth-order valence-corrected chi connectivity index (χ4v) is 2.59. The van der Waals surface area contributed by atoms with Crippen LogP contribution in [0.5, 0.6) is 0 Å². The Morgan fingerprint density at radius 3 is 2.68 bits per heavy atom. The topological polar surface area (TPSA) is 87.5 Å². The molecule has 1 heterocycles. The predicted molar refractivity (Wildman–Crippen MR) is 85.1 cm³/mol. The summed E-state index contributed by atoms with van der Waals surface area (Å²) in [6.07, 6.45) is 1.99.